The number of carboxylic acids is 1. The van der Waals surface area contributed by atoms with Crippen LogP contribution in [-0.2, 0) is 23.8 Å². The predicted octanol–water partition coefficient (Wildman–Crippen LogP) is -0.907. The van der Waals surface area contributed by atoms with Crippen molar-refractivity contribution in [3.8, 4) is 0 Å². The average molecular weight is 233 g/mol. The van der Waals surface area contributed by atoms with E-state index in [1.165, 1.54) is 7.11 Å². The van der Waals surface area contributed by atoms with Gasteiger partial charge in [-0.1, -0.05) is 0 Å². The van der Waals surface area contributed by atoms with Crippen LogP contribution in [0.15, 0.2) is 0 Å². The van der Waals surface area contributed by atoms with Crippen molar-refractivity contribution < 1.29 is 28.9 Å². The van der Waals surface area contributed by atoms with E-state index in [0.29, 0.717) is 6.42 Å². The molecular formula is C9H15NO6. The van der Waals surface area contributed by atoms with Crippen molar-refractivity contribution in [2.24, 2.45) is 5.73 Å². The van der Waals surface area contributed by atoms with Crippen LogP contribution in [0.5, 0.6) is 0 Å². The Labute approximate surface area is 92.5 Å². The van der Waals surface area contributed by atoms with Crippen molar-refractivity contribution in [2.75, 3.05) is 13.7 Å². The molecule has 0 radical (unpaired) electrons. The van der Waals surface area contributed by atoms with E-state index < -0.39 is 30.4 Å². The number of aliphatic carboxylic acids is 1. The Hall–Kier alpha value is -1.18. The van der Waals surface area contributed by atoms with Gasteiger partial charge in [0, 0.05) is 6.42 Å². The fraction of sp³-hybridized carbons (Fsp3) is 0.778. The lowest BCUT2D eigenvalue weighted by Gasteiger charge is -2.11. The Balaban J connectivity index is 2.26. The van der Waals surface area contributed by atoms with Crippen molar-refractivity contribution in [1.82, 2.24) is 0 Å². The van der Waals surface area contributed by atoms with E-state index in [1.54, 1.807) is 0 Å². The summed E-state index contributed by atoms with van der Waals surface area (Å²) in [5, 5.41) is 8.55. The van der Waals surface area contributed by atoms with Crippen LogP contribution >= 0.6 is 0 Å². The number of esters is 1. The second-order valence-corrected chi connectivity index (χ2v) is 3.43. The van der Waals surface area contributed by atoms with Crippen LogP contribution in [0.1, 0.15) is 12.8 Å². The van der Waals surface area contributed by atoms with Gasteiger partial charge in [-0.2, -0.15) is 0 Å². The molecule has 0 unspecified atom stereocenters. The fourth-order valence-corrected chi connectivity index (χ4v) is 1.30. The lowest BCUT2D eigenvalue weighted by molar-refractivity contribution is -0.154. The number of carbonyl (C=O) groups excluding carboxylic acids is 1. The lowest BCUT2D eigenvalue weighted by atomic mass is 10.2. The molecule has 1 aliphatic heterocycles. The van der Waals surface area contributed by atoms with Crippen molar-refractivity contribution in [2.45, 2.75) is 31.3 Å². The lowest BCUT2D eigenvalue weighted by Crippen LogP contribution is -2.31. The van der Waals surface area contributed by atoms with E-state index in [9.17, 15) is 9.59 Å². The molecule has 3 N–H and O–H groups in total. The van der Waals surface area contributed by atoms with Crippen molar-refractivity contribution in [1.29, 1.82) is 0 Å². The highest BCUT2D eigenvalue weighted by atomic mass is 16.7. The Morgan fingerprint density at radius 2 is 2.31 bits per heavy atom. The third kappa shape index (κ3) is 3.44. The molecule has 0 saturated carbocycles. The summed E-state index contributed by atoms with van der Waals surface area (Å²) >= 11 is 0. The Morgan fingerprint density at radius 1 is 1.62 bits per heavy atom. The van der Waals surface area contributed by atoms with E-state index in [0.717, 1.165) is 0 Å². The molecule has 0 aliphatic carbocycles. The summed E-state index contributed by atoms with van der Waals surface area (Å²) in [6.45, 7) is 0.125. The Morgan fingerprint density at radius 3 is 2.88 bits per heavy atom. The number of carbonyl (C=O) groups is 2. The summed E-state index contributed by atoms with van der Waals surface area (Å²) < 4.78 is 14.8. The number of nitrogens with two attached hydrogens (primary N) is 1. The zero-order chi connectivity index (χ0) is 12.1. The summed E-state index contributed by atoms with van der Waals surface area (Å²) in [5.41, 5.74) is 5.31. The smallest absolute Gasteiger partial charge is 0.337 e. The van der Waals surface area contributed by atoms with E-state index in [4.69, 9.17) is 20.3 Å². The molecule has 0 amide bonds. The number of carboxylic acid groups (broad SMARTS) is 1. The normalized spacial score (nSPS) is 26.4. The van der Waals surface area contributed by atoms with Gasteiger partial charge >= 0.3 is 11.9 Å². The largest absolute Gasteiger partial charge is 0.480 e. The van der Waals surface area contributed by atoms with Crippen LogP contribution < -0.4 is 5.73 Å². The molecule has 1 heterocycles. The van der Waals surface area contributed by atoms with E-state index in [1.807, 2.05) is 0 Å². The van der Waals surface area contributed by atoms with Crippen LogP contribution in [-0.4, -0.2) is 49.2 Å². The van der Waals surface area contributed by atoms with Gasteiger partial charge in [0.1, 0.15) is 6.04 Å². The first-order valence-corrected chi connectivity index (χ1v) is 4.88. The summed E-state index contributed by atoms with van der Waals surface area (Å²) in [4.78, 5) is 21.5. The number of ether oxygens (including phenoxy) is 3. The minimum atomic E-state index is -1.07. The molecule has 92 valence electrons. The topological polar surface area (TPSA) is 108 Å². The molecule has 16 heavy (non-hydrogen) atoms. The van der Waals surface area contributed by atoms with E-state index in [2.05, 4.69) is 4.74 Å². The van der Waals surface area contributed by atoms with Gasteiger partial charge in [-0.15, -0.1) is 0 Å². The summed E-state index contributed by atoms with van der Waals surface area (Å²) in [6, 6.07) is -0.940. The Kier molecular flexibility index (Phi) is 4.66. The zero-order valence-electron chi connectivity index (χ0n) is 8.92. The maximum absolute atomic E-state index is 11.1. The van der Waals surface area contributed by atoms with Crippen LogP contribution in [0.3, 0.4) is 0 Å². The van der Waals surface area contributed by atoms with Crippen LogP contribution in [0.2, 0.25) is 0 Å². The highest BCUT2D eigenvalue weighted by Gasteiger charge is 2.32. The molecule has 0 aromatic carbocycles. The van der Waals surface area contributed by atoms with Gasteiger partial charge < -0.3 is 25.1 Å². The average Bonchev–Trinajstić information content (AvgIpc) is 2.73. The van der Waals surface area contributed by atoms with Gasteiger partial charge in [0.05, 0.1) is 13.7 Å². The minimum Gasteiger partial charge on any atom is -0.480 e. The maximum atomic E-state index is 11.1. The molecule has 3 atom stereocenters. The summed E-state index contributed by atoms with van der Waals surface area (Å²) in [5.74, 6) is -1.56. The molecule has 0 bridgehead atoms. The van der Waals surface area contributed by atoms with E-state index >= 15 is 0 Å². The standard InChI is InChI=1S/C9H15NO6/c1-14-9(13)6-4-15-7(16-6)3-2-5(10)8(11)12/h5-7H,2-4,10H2,1H3,(H,11,12)/t5-,6-,7-/m0/s1. The third-order valence-corrected chi connectivity index (χ3v) is 2.24. The molecule has 1 aliphatic rings. The molecule has 0 spiro atoms. The monoisotopic (exact) mass is 233 g/mol. The number of methoxy groups -OCH3 is 1. The van der Waals surface area contributed by atoms with Crippen LogP contribution in [0.25, 0.3) is 0 Å². The molecule has 0 aromatic heterocycles. The first-order valence-electron chi connectivity index (χ1n) is 4.88. The number of hydrogen-bond donors (Lipinski definition) is 2. The van der Waals surface area contributed by atoms with Gasteiger partial charge in [0.25, 0.3) is 0 Å². The van der Waals surface area contributed by atoms with Gasteiger partial charge in [-0.3, -0.25) is 4.79 Å². The predicted molar refractivity (Wildman–Crippen MR) is 51.5 cm³/mol. The molecule has 1 rings (SSSR count). The van der Waals surface area contributed by atoms with Crippen molar-refractivity contribution in [3.05, 3.63) is 0 Å². The van der Waals surface area contributed by atoms with Crippen LogP contribution in [0, 0.1) is 0 Å². The molecule has 1 saturated heterocycles. The second-order valence-electron chi connectivity index (χ2n) is 3.43. The first-order chi connectivity index (χ1) is 7.54. The fourth-order valence-electron chi connectivity index (χ4n) is 1.30. The highest BCUT2D eigenvalue weighted by Crippen LogP contribution is 2.17. The zero-order valence-corrected chi connectivity index (χ0v) is 8.92. The van der Waals surface area contributed by atoms with Gasteiger partial charge in [0.2, 0.25) is 0 Å². The van der Waals surface area contributed by atoms with Gasteiger partial charge in [-0.25, -0.2) is 4.79 Å². The minimum absolute atomic E-state index is 0.125. The quantitative estimate of drug-likeness (QED) is 0.592. The summed E-state index contributed by atoms with van der Waals surface area (Å²) in [6.07, 6.45) is -0.750. The highest BCUT2D eigenvalue weighted by molar-refractivity contribution is 5.75. The van der Waals surface area contributed by atoms with Gasteiger partial charge in [0.15, 0.2) is 12.4 Å². The SMILES string of the molecule is COC(=O)[C@@H]1CO[C@H](CC[C@H](N)C(=O)O)O1. The van der Waals surface area contributed by atoms with Gasteiger partial charge in [-0.05, 0) is 6.42 Å². The Bertz CT molecular complexity index is 269. The maximum Gasteiger partial charge on any atom is 0.337 e. The van der Waals surface area contributed by atoms with E-state index in [-0.39, 0.29) is 13.0 Å². The van der Waals surface area contributed by atoms with Crippen molar-refractivity contribution >= 4 is 11.9 Å². The number of rotatable bonds is 5. The molecule has 7 nitrogen and oxygen atoms in total. The second kappa shape index (κ2) is 5.78. The van der Waals surface area contributed by atoms with Crippen molar-refractivity contribution in [3.63, 3.8) is 0 Å². The molecule has 0 aromatic rings. The summed E-state index contributed by atoms with van der Waals surface area (Å²) in [7, 11) is 1.26. The number of hydrogen-bond acceptors (Lipinski definition) is 6. The molecule has 7 heteroatoms. The molecular weight excluding hydrogens is 218 g/mol. The third-order valence-electron chi connectivity index (χ3n) is 2.24. The molecule has 1 fully saturated rings. The first kappa shape index (κ1) is 12.9. The van der Waals surface area contributed by atoms with Crippen LogP contribution in [0.4, 0.5) is 0 Å².